The van der Waals surface area contributed by atoms with E-state index in [0.717, 1.165) is 31.8 Å². The van der Waals surface area contributed by atoms with Gasteiger partial charge in [0.25, 0.3) is 0 Å². The van der Waals surface area contributed by atoms with E-state index in [2.05, 4.69) is 34.8 Å². The number of nitrogens with one attached hydrogen (secondary N) is 3. The van der Waals surface area contributed by atoms with E-state index >= 15 is 0 Å². The third-order valence-corrected chi connectivity index (χ3v) is 4.51. The molecule has 0 radical (unpaired) electrons. The van der Waals surface area contributed by atoms with Gasteiger partial charge in [-0.25, -0.2) is 4.79 Å². The second kappa shape index (κ2) is 13.1. The molecule has 29 heavy (non-hydrogen) atoms. The van der Waals surface area contributed by atoms with Crippen LogP contribution in [-0.4, -0.2) is 68.2 Å². The number of alkyl carbamates (subject to hydrolysis) is 1. The fourth-order valence-electron chi connectivity index (χ4n) is 2.70. The Morgan fingerprint density at radius 1 is 1.17 bits per heavy atom. The molecule has 1 aliphatic carbocycles. The van der Waals surface area contributed by atoms with E-state index in [1.54, 1.807) is 7.05 Å². The highest BCUT2D eigenvalue weighted by molar-refractivity contribution is 14.0. The van der Waals surface area contributed by atoms with E-state index in [0.29, 0.717) is 13.1 Å². The van der Waals surface area contributed by atoms with Crippen molar-refractivity contribution < 1.29 is 14.3 Å². The molecule has 0 spiro atoms. The molecule has 170 valence electrons. The predicted octanol–water partition coefficient (Wildman–Crippen LogP) is 2.58. The van der Waals surface area contributed by atoms with E-state index in [1.165, 1.54) is 0 Å². The Balaban J connectivity index is 0.00000784. The molecule has 0 aromatic rings. The largest absolute Gasteiger partial charge is 0.444 e. The molecular weight excluding hydrogens is 485 g/mol. The first-order valence-corrected chi connectivity index (χ1v) is 10.2. The molecule has 8 nitrogen and oxygen atoms in total. The number of guanidine groups is 1. The molecule has 9 heteroatoms. The summed E-state index contributed by atoms with van der Waals surface area (Å²) in [5, 5.41) is 9.16. The second-order valence-corrected chi connectivity index (χ2v) is 8.75. The van der Waals surface area contributed by atoms with Crippen LogP contribution in [0.4, 0.5) is 4.79 Å². The normalized spacial score (nSPS) is 15.2. The summed E-state index contributed by atoms with van der Waals surface area (Å²) >= 11 is 0. The summed E-state index contributed by atoms with van der Waals surface area (Å²) in [6.45, 7) is 11.7. The maximum absolute atomic E-state index is 12.1. The maximum atomic E-state index is 12.1. The number of carbonyl (C=O) groups is 2. The molecule has 1 saturated carbocycles. The van der Waals surface area contributed by atoms with Gasteiger partial charge < -0.3 is 25.6 Å². The maximum Gasteiger partial charge on any atom is 0.407 e. The van der Waals surface area contributed by atoms with Crippen LogP contribution in [0.1, 0.15) is 53.9 Å². The van der Waals surface area contributed by atoms with Crippen LogP contribution in [0.15, 0.2) is 4.99 Å². The van der Waals surface area contributed by atoms with Gasteiger partial charge in [-0.05, 0) is 46.0 Å². The molecule has 0 saturated heterocycles. The first kappa shape index (κ1) is 27.7. The minimum Gasteiger partial charge on any atom is -0.444 e. The van der Waals surface area contributed by atoms with Gasteiger partial charge in [-0.2, -0.15) is 0 Å². The number of amides is 2. The van der Waals surface area contributed by atoms with E-state index < -0.39 is 5.60 Å². The topological polar surface area (TPSA) is 95.1 Å². The van der Waals surface area contributed by atoms with Crippen molar-refractivity contribution in [2.75, 3.05) is 33.7 Å². The summed E-state index contributed by atoms with van der Waals surface area (Å²) in [6, 6.07) is 0.00763. The lowest BCUT2D eigenvalue weighted by atomic mass is 10.0. The van der Waals surface area contributed by atoms with Crippen LogP contribution >= 0.6 is 24.0 Å². The van der Waals surface area contributed by atoms with Crippen molar-refractivity contribution in [3.8, 4) is 0 Å². The van der Waals surface area contributed by atoms with Crippen molar-refractivity contribution in [1.82, 2.24) is 20.9 Å². The zero-order valence-electron chi connectivity index (χ0n) is 19.0. The first-order valence-electron chi connectivity index (χ1n) is 10.2. The lowest BCUT2D eigenvalue weighted by molar-refractivity contribution is -0.122. The van der Waals surface area contributed by atoms with E-state index in [-0.39, 0.29) is 53.9 Å². The van der Waals surface area contributed by atoms with Gasteiger partial charge in [-0.15, -0.1) is 24.0 Å². The average molecular weight is 525 g/mol. The van der Waals surface area contributed by atoms with Crippen LogP contribution in [0, 0.1) is 11.8 Å². The highest BCUT2D eigenvalue weighted by atomic mass is 127. The molecule has 0 aromatic carbocycles. The number of halogens is 1. The minimum atomic E-state index is -0.511. The standard InChI is InChI=1S/C20H39N5O3.HI/c1-14(2)16(24-19(27)28-20(3,4)5)10-13-25(7)18(21-6)23-12-11-22-17(26)15-8-9-15;/h14-16H,8-13H2,1-7H3,(H,21,23)(H,22,26)(H,24,27);1H. The van der Waals surface area contributed by atoms with Gasteiger partial charge in [-0.3, -0.25) is 9.79 Å². The highest BCUT2D eigenvalue weighted by Gasteiger charge is 2.29. The fraction of sp³-hybridized carbons (Fsp3) is 0.850. The molecule has 1 unspecified atom stereocenters. The summed E-state index contributed by atoms with van der Waals surface area (Å²) in [7, 11) is 3.70. The molecule has 3 N–H and O–H groups in total. The van der Waals surface area contributed by atoms with Gasteiger partial charge in [-0.1, -0.05) is 13.8 Å². The van der Waals surface area contributed by atoms with Gasteiger partial charge in [0.05, 0.1) is 0 Å². The van der Waals surface area contributed by atoms with Crippen LogP contribution in [0.25, 0.3) is 0 Å². The van der Waals surface area contributed by atoms with Crippen molar-refractivity contribution in [3.05, 3.63) is 0 Å². The molecule has 1 fully saturated rings. The average Bonchev–Trinajstić information content (AvgIpc) is 3.41. The summed E-state index contributed by atoms with van der Waals surface area (Å²) in [6.07, 6.45) is 2.41. The number of hydrogen-bond donors (Lipinski definition) is 3. The lowest BCUT2D eigenvalue weighted by Gasteiger charge is -2.28. The Labute approximate surface area is 193 Å². The highest BCUT2D eigenvalue weighted by Crippen LogP contribution is 2.28. The Kier molecular flexibility index (Phi) is 12.6. The Bertz CT molecular complexity index is 545. The number of rotatable bonds is 9. The quantitative estimate of drug-likeness (QED) is 0.186. The SMILES string of the molecule is CN=C(NCCNC(=O)C1CC1)N(C)CCC(NC(=O)OC(C)(C)C)C(C)C.I. The van der Waals surface area contributed by atoms with Crippen LogP contribution in [0.5, 0.6) is 0 Å². The third-order valence-electron chi connectivity index (χ3n) is 4.51. The van der Waals surface area contributed by atoms with Gasteiger partial charge >= 0.3 is 6.09 Å². The summed E-state index contributed by atoms with van der Waals surface area (Å²) in [5.74, 6) is 1.43. The zero-order chi connectivity index (χ0) is 21.3. The van der Waals surface area contributed by atoms with Crippen LogP contribution in [0.3, 0.4) is 0 Å². The summed E-state index contributed by atoms with van der Waals surface area (Å²) < 4.78 is 5.37. The molecule has 0 heterocycles. The van der Waals surface area contributed by atoms with Crippen molar-refractivity contribution >= 4 is 41.9 Å². The lowest BCUT2D eigenvalue weighted by Crippen LogP contribution is -2.46. The van der Waals surface area contributed by atoms with Crippen LogP contribution < -0.4 is 16.0 Å². The number of ether oxygens (including phenoxy) is 1. The number of hydrogen-bond acceptors (Lipinski definition) is 4. The van der Waals surface area contributed by atoms with Crippen molar-refractivity contribution in [2.24, 2.45) is 16.8 Å². The first-order chi connectivity index (χ1) is 13.0. The summed E-state index contributed by atoms with van der Waals surface area (Å²) in [5.41, 5.74) is -0.511. The van der Waals surface area contributed by atoms with E-state index in [1.807, 2.05) is 32.7 Å². The van der Waals surface area contributed by atoms with Gasteiger partial charge in [0.2, 0.25) is 5.91 Å². The van der Waals surface area contributed by atoms with Gasteiger partial charge in [0.15, 0.2) is 5.96 Å². The van der Waals surface area contributed by atoms with E-state index in [9.17, 15) is 9.59 Å². The molecular formula is C20H40IN5O3. The Hall–Kier alpha value is -1.26. The number of nitrogens with zero attached hydrogens (tertiary/aromatic N) is 2. The van der Waals surface area contributed by atoms with Crippen molar-refractivity contribution in [3.63, 3.8) is 0 Å². The predicted molar refractivity (Wildman–Crippen MR) is 128 cm³/mol. The summed E-state index contributed by atoms with van der Waals surface area (Å²) in [4.78, 5) is 30.0. The third kappa shape index (κ3) is 12.1. The Morgan fingerprint density at radius 3 is 2.24 bits per heavy atom. The zero-order valence-corrected chi connectivity index (χ0v) is 21.3. The molecule has 0 bridgehead atoms. The molecule has 2 amide bonds. The second-order valence-electron chi connectivity index (χ2n) is 8.75. The molecule has 0 aliphatic heterocycles. The fourth-order valence-corrected chi connectivity index (χ4v) is 2.70. The Morgan fingerprint density at radius 2 is 1.76 bits per heavy atom. The van der Waals surface area contributed by atoms with Crippen molar-refractivity contribution in [1.29, 1.82) is 0 Å². The van der Waals surface area contributed by atoms with Crippen LogP contribution in [0.2, 0.25) is 0 Å². The number of aliphatic imine (C=N–C) groups is 1. The smallest absolute Gasteiger partial charge is 0.407 e. The van der Waals surface area contributed by atoms with Crippen molar-refractivity contribution in [2.45, 2.75) is 65.5 Å². The van der Waals surface area contributed by atoms with Crippen LogP contribution in [-0.2, 0) is 9.53 Å². The van der Waals surface area contributed by atoms with E-state index in [4.69, 9.17) is 4.74 Å². The molecule has 1 rings (SSSR count). The minimum absolute atomic E-state index is 0. The van der Waals surface area contributed by atoms with Gasteiger partial charge in [0, 0.05) is 45.7 Å². The van der Waals surface area contributed by atoms with Gasteiger partial charge in [0.1, 0.15) is 5.60 Å². The number of carbonyl (C=O) groups excluding carboxylic acids is 2. The monoisotopic (exact) mass is 525 g/mol. The molecule has 0 aromatic heterocycles. The molecule has 1 atom stereocenters. The molecule has 1 aliphatic rings.